The molecule has 12 heavy (non-hydrogen) atoms. The predicted molar refractivity (Wildman–Crippen MR) is 49.1 cm³/mol. The molecule has 0 spiro atoms. The molecule has 3 rings (SSSR count). The van der Waals surface area contributed by atoms with E-state index in [1.54, 1.807) is 5.56 Å². The summed E-state index contributed by atoms with van der Waals surface area (Å²) in [5.41, 5.74) is 2.08. The predicted octanol–water partition coefficient (Wildman–Crippen LogP) is 1.55. The van der Waals surface area contributed by atoms with Crippen LogP contribution in [0.15, 0.2) is 30.3 Å². The SMILES string of the molecule is c1ccc([C@@]23CNC[C@H]2C3)cc1. The van der Waals surface area contributed by atoms with Crippen LogP contribution in [0.25, 0.3) is 0 Å². The Morgan fingerprint density at radius 3 is 2.67 bits per heavy atom. The fourth-order valence-electron chi connectivity index (χ4n) is 2.56. The van der Waals surface area contributed by atoms with Gasteiger partial charge in [0.15, 0.2) is 0 Å². The first-order valence-corrected chi connectivity index (χ1v) is 4.68. The van der Waals surface area contributed by atoms with E-state index in [1.807, 2.05) is 0 Å². The molecule has 2 fully saturated rings. The molecule has 1 aliphatic carbocycles. The third kappa shape index (κ3) is 0.721. The highest BCUT2D eigenvalue weighted by atomic mass is 15.0. The topological polar surface area (TPSA) is 12.0 Å². The Balaban J connectivity index is 2.00. The molecule has 1 saturated carbocycles. The van der Waals surface area contributed by atoms with Gasteiger partial charge in [0.25, 0.3) is 0 Å². The first-order chi connectivity index (χ1) is 5.92. The van der Waals surface area contributed by atoms with Crippen LogP contribution >= 0.6 is 0 Å². The van der Waals surface area contributed by atoms with Crippen LogP contribution in [-0.4, -0.2) is 13.1 Å². The maximum atomic E-state index is 3.46. The normalized spacial score (nSPS) is 37.8. The lowest BCUT2D eigenvalue weighted by Gasteiger charge is -2.10. The molecule has 0 unspecified atom stereocenters. The highest BCUT2D eigenvalue weighted by molar-refractivity contribution is 5.36. The Bertz CT molecular complexity index is 293. The van der Waals surface area contributed by atoms with Gasteiger partial charge >= 0.3 is 0 Å². The van der Waals surface area contributed by atoms with Gasteiger partial charge in [-0.3, -0.25) is 0 Å². The zero-order chi connectivity index (χ0) is 8.02. The van der Waals surface area contributed by atoms with Gasteiger partial charge in [-0.1, -0.05) is 30.3 Å². The van der Waals surface area contributed by atoms with Crippen LogP contribution in [-0.2, 0) is 5.41 Å². The van der Waals surface area contributed by atoms with Gasteiger partial charge in [0.2, 0.25) is 0 Å². The molecule has 62 valence electrons. The molecule has 2 atom stereocenters. The van der Waals surface area contributed by atoms with Crippen molar-refractivity contribution in [2.75, 3.05) is 13.1 Å². The molecule has 0 aromatic heterocycles. The molecular formula is C11H13N. The van der Waals surface area contributed by atoms with Gasteiger partial charge in [-0.25, -0.2) is 0 Å². The Morgan fingerprint density at radius 1 is 1.25 bits per heavy atom. The van der Waals surface area contributed by atoms with Crippen molar-refractivity contribution in [2.45, 2.75) is 11.8 Å². The summed E-state index contributed by atoms with van der Waals surface area (Å²) in [6, 6.07) is 10.9. The largest absolute Gasteiger partial charge is 0.316 e. The smallest absolute Gasteiger partial charge is 0.0122 e. The van der Waals surface area contributed by atoms with E-state index in [-0.39, 0.29) is 0 Å². The van der Waals surface area contributed by atoms with Gasteiger partial charge in [-0.15, -0.1) is 0 Å². The first-order valence-electron chi connectivity index (χ1n) is 4.68. The number of nitrogens with one attached hydrogen (secondary N) is 1. The maximum absolute atomic E-state index is 3.46. The first kappa shape index (κ1) is 6.67. The Morgan fingerprint density at radius 2 is 2.08 bits per heavy atom. The lowest BCUT2D eigenvalue weighted by molar-refractivity contribution is 0.675. The monoisotopic (exact) mass is 159 g/mol. The second-order valence-corrected chi connectivity index (χ2v) is 4.05. The number of rotatable bonds is 1. The average molecular weight is 159 g/mol. The minimum atomic E-state index is 0.543. The van der Waals surface area contributed by atoms with Gasteiger partial charge in [0.1, 0.15) is 0 Å². The highest BCUT2D eigenvalue weighted by Gasteiger charge is 2.57. The van der Waals surface area contributed by atoms with Crippen molar-refractivity contribution in [2.24, 2.45) is 5.92 Å². The number of hydrogen-bond donors (Lipinski definition) is 1. The van der Waals surface area contributed by atoms with E-state index in [0.717, 1.165) is 5.92 Å². The van der Waals surface area contributed by atoms with Crippen LogP contribution in [0.4, 0.5) is 0 Å². The summed E-state index contributed by atoms with van der Waals surface area (Å²) >= 11 is 0. The zero-order valence-electron chi connectivity index (χ0n) is 7.09. The number of piperidine rings is 1. The quantitative estimate of drug-likeness (QED) is 0.655. The van der Waals surface area contributed by atoms with Crippen LogP contribution in [0.5, 0.6) is 0 Å². The van der Waals surface area contributed by atoms with Crippen molar-refractivity contribution in [1.29, 1.82) is 0 Å². The van der Waals surface area contributed by atoms with Crippen LogP contribution in [0, 0.1) is 5.92 Å². The molecule has 1 aromatic carbocycles. The van der Waals surface area contributed by atoms with Crippen molar-refractivity contribution < 1.29 is 0 Å². The van der Waals surface area contributed by atoms with Gasteiger partial charge in [-0.05, 0) is 24.4 Å². The molecule has 2 aliphatic rings. The third-order valence-corrected chi connectivity index (χ3v) is 3.41. The summed E-state index contributed by atoms with van der Waals surface area (Å²) in [5.74, 6) is 0.930. The zero-order valence-corrected chi connectivity index (χ0v) is 7.09. The second-order valence-electron chi connectivity index (χ2n) is 4.05. The summed E-state index contributed by atoms with van der Waals surface area (Å²) < 4.78 is 0. The minimum absolute atomic E-state index is 0.543. The standard InChI is InChI=1S/C11H13N/c1-2-4-9(5-3-1)11-6-10(11)7-12-8-11/h1-5,10,12H,6-8H2/t10-,11-/m1/s1. The molecule has 1 heteroatoms. The van der Waals surface area contributed by atoms with Crippen LogP contribution < -0.4 is 5.32 Å². The van der Waals surface area contributed by atoms with Crippen molar-refractivity contribution in [1.82, 2.24) is 5.32 Å². The Hall–Kier alpha value is -0.820. The third-order valence-electron chi connectivity index (χ3n) is 3.41. The molecule has 0 bridgehead atoms. The molecular weight excluding hydrogens is 146 g/mol. The molecule has 1 aromatic rings. The summed E-state index contributed by atoms with van der Waals surface area (Å²) in [5, 5.41) is 3.46. The molecule has 1 nitrogen and oxygen atoms in total. The average Bonchev–Trinajstić information content (AvgIpc) is 2.72. The summed E-state index contributed by atoms with van der Waals surface area (Å²) in [6.45, 7) is 2.43. The number of hydrogen-bond acceptors (Lipinski definition) is 1. The van der Waals surface area contributed by atoms with Gasteiger partial charge in [-0.2, -0.15) is 0 Å². The van der Waals surface area contributed by atoms with Crippen molar-refractivity contribution in [3.05, 3.63) is 35.9 Å². The van der Waals surface area contributed by atoms with E-state index in [4.69, 9.17) is 0 Å². The van der Waals surface area contributed by atoms with E-state index < -0.39 is 0 Å². The van der Waals surface area contributed by atoms with Crippen molar-refractivity contribution in [3.8, 4) is 0 Å². The van der Waals surface area contributed by atoms with E-state index >= 15 is 0 Å². The number of fused-ring (bicyclic) bond motifs is 1. The fourth-order valence-corrected chi connectivity index (χ4v) is 2.56. The lowest BCUT2D eigenvalue weighted by atomic mass is 9.95. The molecule has 1 heterocycles. The molecule has 1 saturated heterocycles. The van der Waals surface area contributed by atoms with E-state index in [0.29, 0.717) is 5.41 Å². The molecule has 0 radical (unpaired) electrons. The Kier molecular flexibility index (Phi) is 1.17. The van der Waals surface area contributed by atoms with Gasteiger partial charge in [0, 0.05) is 12.0 Å². The summed E-state index contributed by atoms with van der Waals surface area (Å²) in [6.07, 6.45) is 1.41. The van der Waals surface area contributed by atoms with Gasteiger partial charge in [0.05, 0.1) is 0 Å². The second kappa shape index (κ2) is 2.11. The summed E-state index contributed by atoms with van der Waals surface area (Å²) in [4.78, 5) is 0. The minimum Gasteiger partial charge on any atom is -0.316 e. The summed E-state index contributed by atoms with van der Waals surface area (Å²) in [7, 11) is 0. The van der Waals surface area contributed by atoms with E-state index in [9.17, 15) is 0 Å². The Labute approximate surface area is 72.8 Å². The molecule has 1 aliphatic heterocycles. The van der Waals surface area contributed by atoms with Crippen LogP contribution in [0.1, 0.15) is 12.0 Å². The van der Waals surface area contributed by atoms with E-state index in [1.165, 1.54) is 19.5 Å². The molecule has 0 amide bonds. The lowest BCUT2D eigenvalue weighted by Crippen LogP contribution is -2.18. The maximum Gasteiger partial charge on any atom is 0.0122 e. The van der Waals surface area contributed by atoms with Crippen LogP contribution in [0.3, 0.4) is 0 Å². The molecule has 1 N–H and O–H groups in total. The van der Waals surface area contributed by atoms with Crippen molar-refractivity contribution in [3.63, 3.8) is 0 Å². The van der Waals surface area contributed by atoms with Crippen molar-refractivity contribution >= 4 is 0 Å². The fraction of sp³-hybridized carbons (Fsp3) is 0.455. The number of benzene rings is 1. The van der Waals surface area contributed by atoms with Gasteiger partial charge < -0.3 is 5.32 Å². The highest BCUT2D eigenvalue weighted by Crippen LogP contribution is 2.56. The van der Waals surface area contributed by atoms with Crippen LogP contribution in [0.2, 0.25) is 0 Å². The van der Waals surface area contributed by atoms with E-state index in [2.05, 4.69) is 35.6 Å².